The molecule has 4 nitrogen and oxygen atoms in total. The van der Waals surface area contributed by atoms with Gasteiger partial charge in [-0.2, -0.15) is 0 Å². The van der Waals surface area contributed by atoms with Crippen LogP contribution in [0.3, 0.4) is 0 Å². The third-order valence-corrected chi connectivity index (χ3v) is 5.46. The van der Waals surface area contributed by atoms with Crippen LogP contribution in [0, 0.1) is 0 Å². The Morgan fingerprint density at radius 3 is 2.65 bits per heavy atom. The molecule has 0 saturated heterocycles. The predicted octanol–water partition coefficient (Wildman–Crippen LogP) is 4.47. The highest BCUT2D eigenvalue weighted by atomic mass is 35.6. The van der Waals surface area contributed by atoms with Crippen molar-refractivity contribution >= 4 is 46.6 Å². The smallest absolute Gasteiger partial charge is 0.411 e. The number of carbonyl (C=O) groups is 1. The number of aryl methyl sites for hydroxylation is 1. The van der Waals surface area contributed by atoms with Crippen LogP contribution in [-0.2, 0) is 29.4 Å². The average Bonchev–Trinajstić information content (AvgIpc) is 2.95. The third-order valence-electron chi connectivity index (χ3n) is 5.13. The number of amides is 1. The molecule has 124 valence electrons. The van der Waals surface area contributed by atoms with Gasteiger partial charge in [-0.15, -0.1) is 0 Å². The average molecular weight is 376 g/mol. The second-order valence-electron chi connectivity index (χ2n) is 6.69. The van der Waals surface area contributed by atoms with Crippen molar-refractivity contribution in [2.24, 2.45) is 0 Å². The molecule has 0 aromatic carbocycles. The highest BCUT2D eigenvalue weighted by molar-refractivity contribution is 6.67. The van der Waals surface area contributed by atoms with Crippen molar-refractivity contribution in [1.82, 2.24) is 4.98 Å². The number of ether oxygens (including phenoxy) is 1. The van der Waals surface area contributed by atoms with E-state index >= 15 is 0 Å². The monoisotopic (exact) mass is 374 g/mol. The standard InChI is InChI=1S/C16H17Cl3N2O2/c17-16(18,19)8-23-14(22)21-12-9-2-1-3-11(9)20-13-10(12)4-5-15(13)6-7-15/h1-8H2,(H,20,21,22). The molecule has 1 saturated carbocycles. The molecular weight excluding hydrogens is 359 g/mol. The number of rotatable bonds is 2. The molecule has 1 heterocycles. The molecule has 3 aliphatic rings. The molecule has 7 heteroatoms. The van der Waals surface area contributed by atoms with Crippen LogP contribution in [0.25, 0.3) is 0 Å². The highest BCUT2D eigenvalue weighted by Gasteiger charge is 2.51. The fourth-order valence-corrected chi connectivity index (χ4v) is 4.03. The van der Waals surface area contributed by atoms with Crippen molar-refractivity contribution in [2.75, 3.05) is 11.9 Å². The van der Waals surface area contributed by atoms with E-state index in [2.05, 4.69) is 5.32 Å². The van der Waals surface area contributed by atoms with Crippen LogP contribution in [0.5, 0.6) is 0 Å². The molecule has 1 amide bonds. The normalized spacial score (nSPS) is 20.3. The van der Waals surface area contributed by atoms with Gasteiger partial charge in [-0.25, -0.2) is 4.79 Å². The number of nitrogens with one attached hydrogen (secondary N) is 1. The quantitative estimate of drug-likeness (QED) is 0.776. The van der Waals surface area contributed by atoms with Crippen molar-refractivity contribution in [2.45, 2.75) is 54.2 Å². The first-order valence-electron chi connectivity index (χ1n) is 7.94. The summed E-state index contributed by atoms with van der Waals surface area (Å²) in [5, 5.41) is 2.90. The Kier molecular flexibility index (Phi) is 3.71. The fraction of sp³-hybridized carbons (Fsp3) is 0.625. The van der Waals surface area contributed by atoms with Gasteiger partial charge in [-0.1, -0.05) is 34.8 Å². The minimum atomic E-state index is -1.60. The summed E-state index contributed by atoms with van der Waals surface area (Å²) >= 11 is 16.9. The summed E-state index contributed by atoms with van der Waals surface area (Å²) in [4.78, 5) is 17.1. The topological polar surface area (TPSA) is 51.2 Å². The van der Waals surface area contributed by atoms with E-state index in [1.807, 2.05) is 0 Å². The first-order valence-corrected chi connectivity index (χ1v) is 9.07. The lowest BCUT2D eigenvalue weighted by Crippen LogP contribution is -2.22. The van der Waals surface area contributed by atoms with E-state index in [9.17, 15) is 4.79 Å². The van der Waals surface area contributed by atoms with Crippen molar-refractivity contribution in [3.8, 4) is 0 Å². The fourth-order valence-electron chi connectivity index (χ4n) is 3.86. The summed E-state index contributed by atoms with van der Waals surface area (Å²) in [5.74, 6) is 0. The molecule has 0 radical (unpaired) electrons. The predicted molar refractivity (Wildman–Crippen MR) is 90.8 cm³/mol. The molecule has 0 unspecified atom stereocenters. The molecular formula is C16H17Cl3N2O2. The van der Waals surface area contributed by atoms with E-state index in [0.717, 1.165) is 49.0 Å². The Bertz CT molecular complexity index is 681. The summed E-state index contributed by atoms with van der Waals surface area (Å²) in [6, 6.07) is 0. The van der Waals surface area contributed by atoms with Crippen LogP contribution in [0.1, 0.15) is 48.2 Å². The minimum Gasteiger partial charge on any atom is -0.445 e. The number of aromatic nitrogens is 1. The zero-order valence-electron chi connectivity index (χ0n) is 12.6. The number of halogens is 3. The molecule has 1 aromatic heterocycles. The van der Waals surface area contributed by atoms with E-state index in [-0.39, 0.29) is 12.0 Å². The largest absolute Gasteiger partial charge is 0.445 e. The summed E-state index contributed by atoms with van der Waals surface area (Å²) in [6.45, 7) is -0.275. The molecule has 0 bridgehead atoms. The number of alkyl halides is 3. The van der Waals surface area contributed by atoms with Gasteiger partial charge >= 0.3 is 6.09 Å². The van der Waals surface area contributed by atoms with Crippen molar-refractivity contribution in [3.63, 3.8) is 0 Å². The molecule has 1 spiro atoms. The van der Waals surface area contributed by atoms with E-state index < -0.39 is 9.89 Å². The zero-order valence-corrected chi connectivity index (χ0v) is 14.8. The van der Waals surface area contributed by atoms with Gasteiger partial charge in [0.25, 0.3) is 0 Å². The lowest BCUT2D eigenvalue weighted by atomic mass is 10.0. The Morgan fingerprint density at radius 2 is 1.96 bits per heavy atom. The van der Waals surface area contributed by atoms with E-state index in [4.69, 9.17) is 44.5 Å². The molecule has 23 heavy (non-hydrogen) atoms. The summed E-state index contributed by atoms with van der Waals surface area (Å²) in [5.41, 5.74) is 5.87. The lowest BCUT2D eigenvalue weighted by Gasteiger charge is -2.17. The number of carbonyl (C=O) groups excluding carboxylic acids is 1. The minimum absolute atomic E-state index is 0.275. The second kappa shape index (κ2) is 5.40. The lowest BCUT2D eigenvalue weighted by molar-refractivity contribution is 0.164. The Labute approximate surface area is 149 Å². The van der Waals surface area contributed by atoms with Gasteiger partial charge in [-0.3, -0.25) is 10.3 Å². The molecule has 1 N–H and O–H groups in total. The van der Waals surface area contributed by atoms with Crippen LogP contribution in [0.2, 0.25) is 0 Å². The summed E-state index contributed by atoms with van der Waals surface area (Å²) in [7, 11) is 0. The van der Waals surface area contributed by atoms with Gasteiger partial charge in [0.15, 0.2) is 0 Å². The number of hydrogen-bond acceptors (Lipinski definition) is 3. The van der Waals surface area contributed by atoms with Crippen molar-refractivity contribution in [3.05, 3.63) is 22.5 Å². The molecule has 1 aromatic rings. The van der Waals surface area contributed by atoms with Gasteiger partial charge in [0.2, 0.25) is 3.79 Å². The second-order valence-corrected chi connectivity index (χ2v) is 9.21. The molecule has 4 rings (SSSR count). The summed E-state index contributed by atoms with van der Waals surface area (Å²) in [6.07, 6.45) is 6.96. The van der Waals surface area contributed by atoms with Crippen LogP contribution in [0.4, 0.5) is 10.5 Å². The first kappa shape index (κ1) is 15.8. The summed E-state index contributed by atoms with van der Waals surface area (Å²) < 4.78 is 3.43. The van der Waals surface area contributed by atoms with E-state index in [1.54, 1.807) is 0 Å². The zero-order chi connectivity index (χ0) is 16.2. The number of fused-ring (bicyclic) bond motifs is 3. The maximum Gasteiger partial charge on any atom is 0.411 e. The van der Waals surface area contributed by atoms with Gasteiger partial charge in [-0.05, 0) is 56.1 Å². The first-order chi connectivity index (χ1) is 10.9. The van der Waals surface area contributed by atoms with Crippen LogP contribution < -0.4 is 5.32 Å². The number of hydrogen-bond donors (Lipinski definition) is 1. The van der Waals surface area contributed by atoms with Crippen molar-refractivity contribution in [1.29, 1.82) is 0 Å². The Morgan fingerprint density at radius 1 is 1.17 bits per heavy atom. The number of anilines is 1. The Balaban J connectivity index is 1.62. The van der Waals surface area contributed by atoms with Crippen LogP contribution >= 0.6 is 34.8 Å². The highest BCUT2D eigenvalue weighted by Crippen LogP contribution is 2.58. The van der Waals surface area contributed by atoms with E-state index in [0.29, 0.717) is 0 Å². The van der Waals surface area contributed by atoms with Gasteiger partial charge in [0.05, 0.1) is 11.4 Å². The maximum absolute atomic E-state index is 12.1. The van der Waals surface area contributed by atoms with Crippen molar-refractivity contribution < 1.29 is 9.53 Å². The maximum atomic E-state index is 12.1. The third kappa shape index (κ3) is 2.90. The SMILES string of the molecule is O=C(Nc1c2c(nc3c1CCC31CC1)CCC2)OCC(Cl)(Cl)Cl. The van der Waals surface area contributed by atoms with Crippen LogP contribution in [0.15, 0.2) is 0 Å². The van der Waals surface area contributed by atoms with Gasteiger partial charge in [0, 0.05) is 11.1 Å². The van der Waals surface area contributed by atoms with Crippen LogP contribution in [-0.4, -0.2) is 21.5 Å². The molecule has 0 aliphatic heterocycles. The molecule has 0 atom stereocenters. The van der Waals surface area contributed by atoms with Gasteiger partial charge < -0.3 is 4.74 Å². The number of nitrogens with zero attached hydrogens (tertiary/aromatic N) is 1. The molecule has 3 aliphatic carbocycles. The Hall–Kier alpha value is -0.710. The van der Waals surface area contributed by atoms with Gasteiger partial charge in [0.1, 0.15) is 6.61 Å². The van der Waals surface area contributed by atoms with E-state index in [1.165, 1.54) is 24.1 Å². The number of pyridine rings is 1. The molecule has 1 fully saturated rings.